The summed E-state index contributed by atoms with van der Waals surface area (Å²) in [6, 6.07) is 0. The van der Waals surface area contributed by atoms with Crippen molar-refractivity contribution in [2.75, 3.05) is 32.7 Å². The van der Waals surface area contributed by atoms with Crippen molar-refractivity contribution in [2.45, 2.75) is 47.5 Å². The van der Waals surface area contributed by atoms with Crippen LogP contribution in [0.3, 0.4) is 0 Å². The lowest BCUT2D eigenvalue weighted by Gasteiger charge is -2.18. The molecule has 7 nitrogen and oxygen atoms in total. The number of carbonyl (C=O) groups excluding carboxylic acids is 1. The molecule has 144 valence electrons. The molecular weight excluding hydrogens is 433 g/mol. The Morgan fingerprint density at radius 2 is 1.88 bits per heavy atom. The molecule has 1 rings (SSSR count). The van der Waals surface area contributed by atoms with Gasteiger partial charge in [0.25, 0.3) is 0 Å². The van der Waals surface area contributed by atoms with E-state index in [-0.39, 0.29) is 29.9 Å². The third-order valence-corrected chi connectivity index (χ3v) is 3.90. The van der Waals surface area contributed by atoms with E-state index in [0.29, 0.717) is 13.0 Å². The molecular formula is C17H32IN5O2. The standard InChI is InChI=1S/C17H31N5O2.HI/c1-6-18-17(20-12-10-16(23)22(7-2)8-3)19-11-9-15-13(4)21-24-14(15)5;/h6-12H2,1-5H3,(H2,18,19,20);1H. The molecule has 1 heterocycles. The number of halogens is 1. The lowest BCUT2D eigenvalue weighted by Crippen LogP contribution is -2.38. The molecule has 2 N–H and O–H groups in total. The van der Waals surface area contributed by atoms with Gasteiger partial charge in [-0.25, -0.2) is 0 Å². The van der Waals surface area contributed by atoms with E-state index in [0.717, 1.165) is 55.6 Å². The Balaban J connectivity index is 0.00000576. The highest BCUT2D eigenvalue weighted by Crippen LogP contribution is 2.11. The van der Waals surface area contributed by atoms with Crippen molar-refractivity contribution in [2.24, 2.45) is 4.99 Å². The van der Waals surface area contributed by atoms with Crippen molar-refractivity contribution in [3.05, 3.63) is 17.0 Å². The van der Waals surface area contributed by atoms with Gasteiger partial charge in [-0.15, -0.1) is 24.0 Å². The van der Waals surface area contributed by atoms with Gasteiger partial charge in [-0.05, 0) is 41.0 Å². The fraction of sp³-hybridized carbons (Fsp3) is 0.706. The molecule has 0 saturated heterocycles. The van der Waals surface area contributed by atoms with E-state index in [9.17, 15) is 4.79 Å². The van der Waals surface area contributed by atoms with E-state index in [4.69, 9.17) is 4.52 Å². The number of aromatic nitrogens is 1. The molecule has 0 saturated carbocycles. The van der Waals surface area contributed by atoms with Crippen LogP contribution in [0.15, 0.2) is 9.52 Å². The van der Waals surface area contributed by atoms with E-state index in [2.05, 4.69) is 20.8 Å². The lowest BCUT2D eigenvalue weighted by molar-refractivity contribution is -0.130. The number of amides is 1. The first-order chi connectivity index (χ1) is 11.5. The summed E-state index contributed by atoms with van der Waals surface area (Å²) in [6.07, 6.45) is 1.26. The van der Waals surface area contributed by atoms with Crippen LogP contribution in [-0.4, -0.2) is 54.6 Å². The second-order valence-electron chi connectivity index (χ2n) is 5.56. The summed E-state index contributed by atoms with van der Waals surface area (Å²) in [5.41, 5.74) is 2.07. The molecule has 0 aliphatic heterocycles. The summed E-state index contributed by atoms with van der Waals surface area (Å²) < 4.78 is 5.17. The number of carbonyl (C=O) groups is 1. The molecule has 25 heavy (non-hydrogen) atoms. The van der Waals surface area contributed by atoms with Gasteiger partial charge in [0, 0.05) is 38.2 Å². The minimum Gasteiger partial charge on any atom is -0.361 e. The normalized spacial score (nSPS) is 11.0. The highest BCUT2D eigenvalue weighted by Gasteiger charge is 2.10. The first-order valence-electron chi connectivity index (χ1n) is 8.75. The van der Waals surface area contributed by atoms with Gasteiger partial charge < -0.3 is 20.1 Å². The Bertz CT molecular complexity index is 522. The van der Waals surface area contributed by atoms with Gasteiger partial charge in [0.05, 0.1) is 12.2 Å². The summed E-state index contributed by atoms with van der Waals surface area (Å²) in [5, 5.41) is 10.4. The Morgan fingerprint density at radius 1 is 1.20 bits per heavy atom. The zero-order valence-corrected chi connectivity index (χ0v) is 18.3. The second kappa shape index (κ2) is 13.0. The van der Waals surface area contributed by atoms with Gasteiger partial charge in [0.15, 0.2) is 5.96 Å². The molecule has 0 atom stereocenters. The topological polar surface area (TPSA) is 82.8 Å². The van der Waals surface area contributed by atoms with Crippen LogP contribution in [0, 0.1) is 13.8 Å². The predicted octanol–water partition coefficient (Wildman–Crippen LogP) is 2.27. The van der Waals surface area contributed by atoms with Crippen LogP contribution in [0.25, 0.3) is 0 Å². The van der Waals surface area contributed by atoms with Crippen LogP contribution in [0.4, 0.5) is 0 Å². The quantitative estimate of drug-likeness (QED) is 0.332. The Hall–Kier alpha value is -1.32. The highest BCUT2D eigenvalue weighted by atomic mass is 127. The molecule has 1 amide bonds. The van der Waals surface area contributed by atoms with E-state index in [1.165, 1.54) is 0 Å². The van der Waals surface area contributed by atoms with Crippen molar-refractivity contribution in [3.8, 4) is 0 Å². The molecule has 0 spiro atoms. The van der Waals surface area contributed by atoms with E-state index >= 15 is 0 Å². The maximum atomic E-state index is 12.0. The van der Waals surface area contributed by atoms with E-state index < -0.39 is 0 Å². The SMILES string of the molecule is CCNC(=NCCC(=O)N(CC)CC)NCCc1c(C)noc1C.I. The number of nitrogens with one attached hydrogen (secondary N) is 2. The van der Waals surface area contributed by atoms with Crippen molar-refractivity contribution in [3.63, 3.8) is 0 Å². The van der Waals surface area contributed by atoms with Crippen LogP contribution in [-0.2, 0) is 11.2 Å². The molecule has 0 aliphatic carbocycles. The molecule has 0 unspecified atom stereocenters. The number of hydrogen-bond acceptors (Lipinski definition) is 4. The van der Waals surface area contributed by atoms with Crippen molar-refractivity contribution in [1.82, 2.24) is 20.7 Å². The van der Waals surface area contributed by atoms with Crippen LogP contribution in [0.2, 0.25) is 0 Å². The molecule has 0 fully saturated rings. The summed E-state index contributed by atoms with van der Waals surface area (Å²) >= 11 is 0. The van der Waals surface area contributed by atoms with Crippen LogP contribution in [0.5, 0.6) is 0 Å². The van der Waals surface area contributed by atoms with Crippen LogP contribution < -0.4 is 10.6 Å². The van der Waals surface area contributed by atoms with Crippen LogP contribution in [0.1, 0.15) is 44.2 Å². The maximum Gasteiger partial charge on any atom is 0.224 e. The third-order valence-electron chi connectivity index (χ3n) is 3.90. The zero-order valence-electron chi connectivity index (χ0n) is 16.0. The van der Waals surface area contributed by atoms with Crippen LogP contribution >= 0.6 is 24.0 Å². The fourth-order valence-electron chi connectivity index (χ4n) is 2.50. The average molecular weight is 465 g/mol. The van der Waals surface area contributed by atoms with E-state index in [1.54, 1.807) is 0 Å². The molecule has 8 heteroatoms. The fourth-order valence-corrected chi connectivity index (χ4v) is 2.50. The zero-order chi connectivity index (χ0) is 17.9. The molecule has 1 aromatic heterocycles. The third kappa shape index (κ3) is 8.06. The van der Waals surface area contributed by atoms with Gasteiger partial charge in [-0.3, -0.25) is 9.79 Å². The van der Waals surface area contributed by atoms with Gasteiger partial charge >= 0.3 is 0 Å². The number of rotatable bonds is 9. The number of aliphatic imine (C=N–C) groups is 1. The molecule has 1 aromatic rings. The molecule has 0 aliphatic rings. The Kier molecular flexibility index (Phi) is 12.3. The lowest BCUT2D eigenvalue weighted by atomic mass is 10.1. The number of hydrogen-bond donors (Lipinski definition) is 2. The monoisotopic (exact) mass is 465 g/mol. The predicted molar refractivity (Wildman–Crippen MR) is 112 cm³/mol. The number of guanidine groups is 1. The molecule has 0 radical (unpaired) electrons. The highest BCUT2D eigenvalue weighted by molar-refractivity contribution is 14.0. The van der Waals surface area contributed by atoms with Crippen molar-refractivity contribution in [1.29, 1.82) is 0 Å². The summed E-state index contributed by atoms with van der Waals surface area (Å²) in [4.78, 5) is 18.3. The van der Waals surface area contributed by atoms with Gasteiger partial charge in [-0.1, -0.05) is 5.16 Å². The minimum absolute atomic E-state index is 0. The minimum atomic E-state index is 0. The summed E-state index contributed by atoms with van der Waals surface area (Å²) in [7, 11) is 0. The molecule has 0 aromatic carbocycles. The average Bonchev–Trinajstić information content (AvgIpc) is 2.88. The Morgan fingerprint density at radius 3 is 2.40 bits per heavy atom. The first-order valence-corrected chi connectivity index (χ1v) is 8.75. The van der Waals surface area contributed by atoms with Crippen molar-refractivity contribution < 1.29 is 9.32 Å². The smallest absolute Gasteiger partial charge is 0.224 e. The maximum absolute atomic E-state index is 12.0. The summed E-state index contributed by atoms with van der Waals surface area (Å²) in [6.45, 7) is 13.4. The summed E-state index contributed by atoms with van der Waals surface area (Å²) in [5.74, 6) is 1.74. The largest absolute Gasteiger partial charge is 0.361 e. The van der Waals surface area contributed by atoms with Gasteiger partial charge in [0.2, 0.25) is 5.91 Å². The number of aryl methyl sites for hydroxylation is 2. The second-order valence-corrected chi connectivity index (χ2v) is 5.56. The Labute approximate surface area is 168 Å². The molecule has 0 bridgehead atoms. The first kappa shape index (κ1) is 23.7. The number of nitrogens with zero attached hydrogens (tertiary/aromatic N) is 3. The van der Waals surface area contributed by atoms with Gasteiger partial charge in [0.1, 0.15) is 5.76 Å². The van der Waals surface area contributed by atoms with Gasteiger partial charge in [-0.2, -0.15) is 0 Å². The van der Waals surface area contributed by atoms with Crippen molar-refractivity contribution >= 4 is 35.8 Å². The van der Waals surface area contributed by atoms with E-state index in [1.807, 2.05) is 39.5 Å².